The second-order valence-electron chi connectivity index (χ2n) is 7.08. The van der Waals surface area contributed by atoms with Crippen LogP contribution in [0.25, 0.3) is 0 Å². The number of halogens is 1. The molecule has 2 heterocycles. The summed E-state index contributed by atoms with van der Waals surface area (Å²) in [6.45, 7) is 1.64. The van der Waals surface area contributed by atoms with Gasteiger partial charge in [0.15, 0.2) is 0 Å². The quantitative estimate of drug-likeness (QED) is 0.857. The molecule has 23 heavy (non-hydrogen) atoms. The van der Waals surface area contributed by atoms with Crippen molar-refractivity contribution in [2.45, 2.75) is 44.2 Å². The van der Waals surface area contributed by atoms with E-state index in [9.17, 15) is 10.1 Å². The SMILES string of the molecule is Cl.N#C[C@@H]1CCCN1C(=O)C1CC2(CN1)Cc1ccccc1C2. The molecule has 5 heteroatoms. The van der Waals surface area contributed by atoms with E-state index in [4.69, 9.17) is 0 Å². The third-order valence-electron chi connectivity index (χ3n) is 5.59. The van der Waals surface area contributed by atoms with Gasteiger partial charge in [-0.15, -0.1) is 12.4 Å². The van der Waals surface area contributed by atoms with Gasteiger partial charge in [-0.25, -0.2) is 0 Å². The summed E-state index contributed by atoms with van der Waals surface area (Å²) >= 11 is 0. The van der Waals surface area contributed by atoms with Crippen LogP contribution in [0.5, 0.6) is 0 Å². The minimum absolute atomic E-state index is 0. The van der Waals surface area contributed by atoms with Gasteiger partial charge in [0.05, 0.1) is 12.1 Å². The van der Waals surface area contributed by atoms with E-state index < -0.39 is 0 Å². The Bertz CT molecular complexity index is 629. The molecule has 2 aliphatic heterocycles. The smallest absolute Gasteiger partial charge is 0.240 e. The molecule has 0 bridgehead atoms. The molecule has 4 nitrogen and oxygen atoms in total. The van der Waals surface area contributed by atoms with Crippen LogP contribution in [0.3, 0.4) is 0 Å². The van der Waals surface area contributed by atoms with Gasteiger partial charge in [-0.1, -0.05) is 24.3 Å². The minimum Gasteiger partial charge on any atom is -0.325 e. The molecule has 2 saturated heterocycles. The minimum atomic E-state index is -0.216. The number of rotatable bonds is 1. The molecule has 0 radical (unpaired) electrons. The topological polar surface area (TPSA) is 56.1 Å². The van der Waals surface area contributed by atoms with E-state index in [1.165, 1.54) is 11.1 Å². The summed E-state index contributed by atoms with van der Waals surface area (Å²) in [6.07, 6.45) is 4.82. The van der Waals surface area contributed by atoms with Crippen molar-refractivity contribution in [2.24, 2.45) is 5.41 Å². The third-order valence-corrected chi connectivity index (χ3v) is 5.59. The van der Waals surface area contributed by atoms with Crippen LogP contribution in [-0.4, -0.2) is 36.0 Å². The van der Waals surface area contributed by atoms with Crippen LogP contribution in [-0.2, 0) is 17.6 Å². The molecule has 1 aliphatic carbocycles. The van der Waals surface area contributed by atoms with E-state index in [2.05, 4.69) is 35.7 Å². The molecular weight excluding hydrogens is 310 g/mol. The van der Waals surface area contributed by atoms with Crippen LogP contribution in [0.1, 0.15) is 30.4 Å². The lowest BCUT2D eigenvalue weighted by Crippen LogP contribution is -2.45. The molecule has 1 N–H and O–H groups in total. The maximum Gasteiger partial charge on any atom is 0.240 e. The van der Waals surface area contributed by atoms with Gasteiger partial charge >= 0.3 is 0 Å². The van der Waals surface area contributed by atoms with E-state index in [-0.39, 0.29) is 35.8 Å². The normalized spacial score (nSPS) is 27.5. The summed E-state index contributed by atoms with van der Waals surface area (Å²) in [5.41, 5.74) is 3.08. The summed E-state index contributed by atoms with van der Waals surface area (Å²) in [5.74, 6) is 0.136. The van der Waals surface area contributed by atoms with Gasteiger partial charge in [-0.2, -0.15) is 5.26 Å². The predicted octanol–water partition coefficient (Wildman–Crippen LogP) is 2.07. The van der Waals surface area contributed by atoms with Crippen molar-refractivity contribution in [1.29, 1.82) is 5.26 Å². The molecule has 1 aromatic carbocycles. The van der Waals surface area contributed by atoms with Crippen LogP contribution in [0, 0.1) is 16.7 Å². The number of carbonyl (C=O) groups excluding carboxylic acids is 1. The molecular formula is C18H22ClN3O. The molecule has 0 saturated carbocycles. The molecule has 1 spiro atoms. The van der Waals surface area contributed by atoms with Gasteiger partial charge in [0.25, 0.3) is 0 Å². The van der Waals surface area contributed by atoms with E-state index in [0.717, 1.165) is 45.2 Å². The van der Waals surface area contributed by atoms with Crippen molar-refractivity contribution in [3.8, 4) is 6.07 Å². The number of nitriles is 1. The first kappa shape index (κ1) is 16.3. The highest BCUT2D eigenvalue weighted by molar-refractivity contribution is 5.85. The summed E-state index contributed by atoms with van der Waals surface area (Å²) < 4.78 is 0. The van der Waals surface area contributed by atoms with Crippen LogP contribution < -0.4 is 5.32 Å². The fraction of sp³-hybridized carbons (Fsp3) is 0.556. The zero-order valence-corrected chi connectivity index (χ0v) is 13.9. The Hall–Kier alpha value is -1.57. The third kappa shape index (κ3) is 2.73. The van der Waals surface area contributed by atoms with E-state index in [1.54, 1.807) is 4.90 Å². The maximum absolute atomic E-state index is 12.7. The first-order valence-corrected chi connectivity index (χ1v) is 8.21. The van der Waals surface area contributed by atoms with Gasteiger partial charge in [0, 0.05) is 13.1 Å². The van der Waals surface area contributed by atoms with E-state index >= 15 is 0 Å². The second-order valence-corrected chi connectivity index (χ2v) is 7.08. The lowest BCUT2D eigenvalue weighted by atomic mass is 9.82. The molecule has 3 aliphatic rings. The zero-order chi connectivity index (χ0) is 15.2. The summed E-state index contributed by atoms with van der Waals surface area (Å²) in [6, 6.07) is 10.6. The molecule has 1 unspecified atom stereocenters. The van der Waals surface area contributed by atoms with Gasteiger partial charge in [-0.3, -0.25) is 4.79 Å². The Balaban J connectivity index is 0.00000156. The highest BCUT2D eigenvalue weighted by Crippen LogP contribution is 2.43. The number of amides is 1. The van der Waals surface area contributed by atoms with Crippen molar-refractivity contribution in [3.63, 3.8) is 0 Å². The van der Waals surface area contributed by atoms with Crippen molar-refractivity contribution < 1.29 is 4.79 Å². The fourth-order valence-corrected chi connectivity index (χ4v) is 4.50. The first-order valence-electron chi connectivity index (χ1n) is 8.21. The number of likely N-dealkylation sites (tertiary alicyclic amines) is 1. The van der Waals surface area contributed by atoms with Crippen LogP contribution in [0.4, 0.5) is 0 Å². The molecule has 2 fully saturated rings. The number of carbonyl (C=O) groups is 1. The fourth-order valence-electron chi connectivity index (χ4n) is 4.50. The van der Waals surface area contributed by atoms with Gasteiger partial charge in [-0.05, 0) is 48.6 Å². The van der Waals surface area contributed by atoms with Crippen molar-refractivity contribution in [3.05, 3.63) is 35.4 Å². The number of benzene rings is 1. The molecule has 122 valence electrons. The van der Waals surface area contributed by atoms with Crippen molar-refractivity contribution >= 4 is 18.3 Å². The van der Waals surface area contributed by atoms with Crippen molar-refractivity contribution in [2.75, 3.05) is 13.1 Å². The Kier molecular flexibility index (Phi) is 4.35. The monoisotopic (exact) mass is 331 g/mol. The average Bonchev–Trinajstić information content (AvgIpc) is 3.24. The number of hydrogen-bond donors (Lipinski definition) is 1. The van der Waals surface area contributed by atoms with Crippen LogP contribution >= 0.6 is 12.4 Å². The largest absolute Gasteiger partial charge is 0.325 e. The summed E-state index contributed by atoms with van der Waals surface area (Å²) in [4.78, 5) is 14.5. The molecule has 2 atom stereocenters. The Labute approximate surface area is 143 Å². The first-order chi connectivity index (χ1) is 10.7. The highest BCUT2D eigenvalue weighted by Gasteiger charge is 2.47. The lowest BCUT2D eigenvalue weighted by molar-refractivity contribution is -0.133. The molecule has 1 amide bonds. The summed E-state index contributed by atoms with van der Waals surface area (Å²) in [5, 5.41) is 12.6. The summed E-state index contributed by atoms with van der Waals surface area (Å²) in [7, 11) is 0. The predicted molar refractivity (Wildman–Crippen MR) is 90.3 cm³/mol. The molecule has 0 aromatic heterocycles. The maximum atomic E-state index is 12.7. The highest BCUT2D eigenvalue weighted by atomic mass is 35.5. The zero-order valence-electron chi connectivity index (χ0n) is 13.1. The van der Waals surface area contributed by atoms with Crippen molar-refractivity contribution in [1.82, 2.24) is 10.2 Å². The van der Waals surface area contributed by atoms with Gasteiger partial charge in [0.2, 0.25) is 5.91 Å². The second kappa shape index (κ2) is 6.14. The Morgan fingerprint density at radius 1 is 1.30 bits per heavy atom. The van der Waals surface area contributed by atoms with Gasteiger partial charge < -0.3 is 10.2 Å². The van der Waals surface area contributed by atoms with Crippen LogP contribution in [0.15, 0.2) is 24.3 Å². The number of hydrogen-bond acceptors (Lipinski definition) is 3. The Morgan fingerprint density at radius 3 is 2.65 bits per heavy atom. The standard InChI is InChI=1S/C18H21N3O.ClH/c19-11-15-6-3-7-21(15)17(22)16-10-18(12-20-16)8-13-4-1-2-5-14(13)9-18;/h1-2,4-5,15-16,20H,3,6-10,12H2;1H/t15-,16?;/m0./s1. The van der Waals surface area contributed by atoms with E-state index in [0.29, 0.717) is 0 Å². The average molecular weight is 332 g/mol. The Morgan fingerprint density at radius 2 is 2.00 bits per heavy atom. The number of nitrogens with zero attached hydrogens (tertiary/aromatic N) is 2. The molecule has 4 rings (SSSR count). The number of nitrogens with one attached hydrogen (secondary N) is 1. The number of fused-ring (bicyclic) bond motifs is 1. The van der Waals surface area contributed by atoms with Crippen LogP contribution in [0.2, 0.25) is 0 Å². The molecule has 1 aromatic rings. The lowest BCUT2D eigenvalue weighted by Gasteiger charge is -2.25. The van der Waals surface area contributed by atoms with Gasteiger partial charge in [0.1, 0.15) is 6.04 Å². The van der Waals surface area contributed by atoms with E-state index in [1.807, 2.05) is 0 Å².